The van der Waals surface area contributed by atoms with Gasteiger partial charge in [0, 0.05) is 6.20 Å². The lowest BCUT2D eigenvalue weighted by atomic mass is 10.2. The van der Waals surface area contributed by atoms with Gasteiger partial charge in [0.2, 0.25) is 15.9 Å². The topological polar surface area (TPSA) is 110 Å². The largest absolute Gasteiger partial charge is 0.415 e. The van der Waals surface area contributed by atoms with Crippen molar-refractivity contribution in [3.63, 3.8) is 0 Å². The molecule has 0 saturated carbocycles. The zero-order valence-corrected chi connectivity index (χ0v) is 13.3. The highest BCUT2D eigenvalue weighted by Crippen LogP contribution is 2.24. The molecule has 1 saturated heterocycles. The number of rotatable bonds is 5. The number of alkyl halides is 2. The lowest BCUT2D eigenvalue weighted by Gasteiger charge is -2.22. The number of hydrogen-bond acceptors (Lipinski definition) is 7. The van der Waals surface area contributed by atoms with E-state index in [4.69, 9.17) is 4.42 Å². The molecule has 3 heterocycles. The molecule has 2 N–H and O–H groups in total. The number of pyridine rings is 1. The summed E-state index contributed by atoms with van der Waals surface area (Å²) in [6, 6.07) is 2.89. The summed E-state index contributed by atoms with van der Waals surface area (Å²) in [5.41, 5.74) is 0.319. The van der Waals surface area contributed by atoms with Gasteiger partial charge in [-0.15, -0.1) is 10.2 Å². The van der Waals surface area contributed by atoms with Crippen LogP contribution >= 0.6 is 0 Å². The normalized spacial score (nSPS) is 16.5. The lowest BCUT2D eigenvalue weighted by molar-refractivity contribution is 0.116. The number of nitrogens with zero attached hydrogens (tertiary/aromatic N) is 3. The molecule has 2 aromatic rings. The third-order valence-electron chi connectivity index (χ3n) is 3.61. The molecule has 1 aliphatic rings. The predicted octanol–water partition coefficient (Wildman–Crippen LogP) is 1.56. The first-order valence-corrected chi connectivity index (χ1v) is 8.80. The van der Waals surface area contributed by atoms with Crippen molar-refractivity contribution in [3.8, 4) is 11.5 Å². The Morgan fingerprint density at radius 1 is 1.25 bits per heavy atom. The van der Waals surface area contributed by atoms with Crippen LogP contribution in [0.15, 0.2) is 22.7 Å². The highest BCUT2D eigenvalue weighted by atomic mass is 32.2. The summed E-state index contributed by atoms with van der Waals surface area (Å²) in [4.78, 5) is 3.97. The van der Waals surface area contributed by atoms with Crippen molar-refractivity contribution in [2.24, 2.45) is 0 Å². The van der Waals surface area contributed by atoms with Gasteiger partial charge < -0.3 is 9.73 Å². The number of nitrogens with one attached hydrogen (secondary N) is 2. The van der Waals surface area contributed by atoms with Crippen molar-refractivity contribution < 1.29 is 21.6 Å². The summed E-state index contributed by atoms with van der Waals surface area (Å²) in [5, 5.41) is 9.36. The molecule has 0 spiro atoms. The number of sulfonamides is 1. The van der Waals surface area contributed by atoms with Gasteiger partial charge in [-0.25, -0.2) is 13.4 Å². The molecule has 0 amide bonds. The molecule has 3 rings (SSSR count). The second-order valence-electron chi connectivity index (χ2n) is 5.27. The van der Waals surface area contributed by atoms with Crippen molar-refractivity contribution in [2.45, 2.75) is 24.5 Å². The standard InChI is InChI=1S/C13H15F2N5O3S/c14-11(15)13-19-18-12(23-13)8-1-2-10(17-7-8)20-24(21,22)9-3-5-16-6-4-9/h1-2,7,9,11,16H,3-6H2,(H,17,20). The number of aromatic nitrogens is 3. The van der Waals surface area contributed by atoms with Gasteiger partial charge in [0.1, 0.15) is 5.82 Å². The Labute approximate surface area is 136 Å². The van der Waals surface area contributed by atoms with Gasteiger partial charge >= 0.3 is 6.43 Å². The monoisotopic (exact) mass is 359 g/mol. The van der Waals surface area contributed by atoms with Gasteiger partial charge in [0.05, 0.1) is 10.8 Å². The second kappa shape index (κ2) is 6.77. The molecule has 0 aromatic carbocycles. The summed E-state index contributed by atoms with van der Waals surface area (Å²) in [6.07, 6.45) is -0.504. The Hall–Kier alpha value is -2.14. The maximum Gasteiger partial charge on any atom is 0.314 e. The van der Waals surface area contributed by atoms with Gasteiger partial charge in [-0.1, -0.05) is 0 Å². The van der Waals surface area contributed by atoms with Crippen LogP contribution in [0.25, 0.3) is 11.5 Å². The van der Waals surface area contributed by atoms with E-state index in [0.717, 1.165) is 0 Å². The highest BCUT2D eigenvalue weighted by Gasteiger charge is 2.27. The molecule has 8 nitrogen and oxygen atoms in total. The van der Waals surface area contributed by atoms with Crippen LogP contribution in [0, 0.1) is 0 Å². The first-order valence-electron chi connectivity index (χ1n) is 7.26. The van der Waals surface area contributed by atoms with E-state index in [9.17, 15) is 17.2 Å². The van der Waals surface area contributed by atoms with Crippen LogP contribution in [0.4, 0.5) is 14.6 Å². The van der Waals surface area contributed by atoms with Gasteiger partial charge in [-0.05, 0) is 38.1 Å². The van der Waals surface area contributed by atoms with Crippen molar-refractivity contribution in [3.05, 3.63) is 24.2 Å². The molecule has 2 aromatic heterocycles. The van der Waals surface area contributed by atoms with Crippen molar-refractivity contribution in [2.75, 3.05) is 17.8 Å². The number of anilines is 1. The number of hydrogen-bond donors (Lipinski definition) is 2. The second-order valence-corrected chi connectivity index (χ2v) is 7.24. The Kier molecular flexibility index (Phi) is 4.71. The first kappa shape index (κ1) is 16.7. The smallest absolute Gasteiger partial charge is 0.314 e. The van der Waals surface area contributed by atoms with Crippen molar-refractivity contribution >= 4 is 15.8 Å². The fourth-order valence-electron chi connectivity index (χ4n) is 2.35. The minimum Gasteiger partial charge on any atom is -0.415 e. The summed E-state index contributed by atoms with van der Waals surface area (Å²) >= 11 is 0. The van der Waals surface area contributed by atoms with Crippen LogP contribution in [0.1, 0.15) is 25.2 Å². The zero-order valence-electron chi connectivity index (χ0n) is 12.4. The van der Waals surface area contributed by atoms with E-state index in [-0.39, 0.29) is 11.7 Å². The fraction of sp³-hybridized carbons (Fsp3) is 0.462. The average Bonchev–Trinajstić information content (AvgIpc) is 3.06. The van der Waals surface area contributed by atoms with Crippen molar-refractivity contribution in [1.82, 2.24) is 20.5 Å². The Morgan fingerprint density at radius 3 is 2.58 bits per heavy atom. The number of piperidine rings is 1. The predicted molar refractivity (Wildman–Crippen MR) is 80.9 cm³/mol. The van der Waals surface area contributed by atoms with E-state index >= 15 is 0 Å². The first-order chi connectivity index (χ1) is 11.5. The quantitative estimate of drug-likeness (QED) is 0.833. The molecule has 11 heteroatoms. The Bertz CT molecular complexity index is 788. The van der Waals surface area contributed by atoms with E-state index in [1.54, 1.807) is 0 Å². The van der Waals surface area contributed by atoms with Gasteiger partial charge in [0.25, 0.3) is 5.89 Å². The summed E-state index contributed by atoms with van der Waals surface area (Å²) in [5.74, 6) is -0.739. The molecule has 0 unspecified atom stereocenters. The minimum atomic E-state index is -3.52. The third-order valence-corrected chi connectivity index (χ3v) is 5.45. The minimum absolute atomic E-state index is 0.106. The van der Waals surface area contributed by atoms with E-state index in [1.165, 1.54) is 18.3 Å². The van der Waals surface area contributed by atoms with Crippen LogP contribution < -0.4 is 10.0 Å². The molecule has 130 valence electrons. The summed E-state index contributed by atoms with van der Waals surface area (Å²) < 4.78 is 56.7. The van der Waals surface area contributed by atoms with E-state index in [0.29, 0.717) is 31.5 Å². The molecule has 0 bridgehead atoms. The summed E-state index contributed by atoms with van der Waals surface area (Å²) in [7, 11) is -3.52. The fourth-order valence-corrected chi connectivity index (χ4v) is 3.79. The SMILES string of the molecule is O=S(=O)(Nc1ccc(-c2nnc(C(F)F)o2)cn1)C1CCNCC1. The Balaban J connectivity index is 1.72. The third kappa shape index (κ3) is 3.67. The van der Waals surface area contributed by atoms with Crippen LogP contribution in [0.5, 0.6) is 0 Å². The van der Waals surface area contributed by atoms with E-state index < -0.39 is 27.6 Å². The average molecular weight is 359 g/mol. The maximum atomic E-state index is 12.4. The molecule has 1 fully saturated rings. The molecule has 0 atom stereocenters. The van der Waals surface area contributed by atoms with Gasteiger partial charge in [-0.3, -0.25) is 4.72 Å². The molecule has 0 aliphatic carbocycles. The lowest BCUT2D eigenvalue weighted by Crippen LogP contribution is -2.38. The van der Waals surface area contributed by atoms with Crippen molar-refractivity contribution in [1.29, 1.82) is 0 Å². The molecular formula is C13H15F2N5O3S. The van der Waals surface area contributed by atoms with Crippen LogP contribution in [0.3, 0.4) is 0 Å². The van der Waals surface area contributed by atoms with E-state index in [1.807, 2.05) is 0 Å². The summed E-state index contributed by atoms with van der Waals surface area (Å²) in [6.45, 7) is 1.31. The van der Waals surface area contributed by atoms with Crippen LogP contribution in [-0.4, -0.2) is 41.9 Å². The molecular weight excluding hydrogens is 344 g/mol. The molecule has 24 heavy (non-hydrogen) atoms. The number of halogens is 2. The van der Waals surface area contributed by atoms with Gasteiger partial charge in [0.15, 0.2) is 0 Å². The van der Waals surface area contributed by atoms with E-state index in [2.05, 4.69) is 25.2 Å². The Morgan fingerprint density at radius 2 is 2.00 bits per heavy atom. The van der Waals surface area contributed by atoms with Gasteiger partial charge in [-0.2, -0.15) is 8.78 Å². The van der Waals surface area contributed by atoms with Crippen LogP contribution in [-0.2, 0) is 10.0 Å². The maximum absolute atomic E-state index is 12.4. The zero-order chi connectivity index (χ0) is 17.2. The highest BCUT2D eigenvalue weighted by molar-refractivity contribution is 7.93. The molecule has 0 radical (unpaired) electrons. The van der Waals surface area contributed by atoms with Crippen LogP contribution in [0.2, 0.25) is 0 Å². The molecule has 1 aliphatic heterocycles.